The highest BCUT2D eigenvalue weighted by atomic mass is 16.1. The monoisotopic (exact) mass is 216 g/mol. The fourth-order valence-corrected chi connectivity index (χ4v) is 2.76. The first-order chi connectivity index (χ1) is 7.81. The Bertz CT molecular complexity index is 334. The lowest BCUT2D eigenvalue weighted by atomic mass is 9.77. The SMILES string of the molecule is CCC(=O)[C@H]1CC[C@@H](c2ccccc2)CC1. The Kier molecular flexibility index (Phi) is 3.76. The van der Waals surface area contributed by atoms with Gasteiger partial charge in [-0.3, -0.25) is 4.79 Å². The molecule has 1 nitrogen and oxygen atoms in total. The summed E-state index contributed by atoms with van der Waals surface area (Å²) in [7, 11) is 0. The summed E-state index contributed by atoms with van der Waals surface area (Å²) in [6.45, 7) is 1.98. The fourth-order valence-electron chi connectivity index (χ4n) is 2.76. The maximum Gasteiger partial charge on any atom is 0.135 e. The molecule has 0 aliphatic heterocycles. The maximum atomic E-state index is 11.6. The van der Waals surface area contributed by atoms with Crippen molar-refractivity contribution < 1.29 is 4.79 Å². The molecular formula is C15H20O. The summed E-state index contributed by atoms with van der Waals surface area (Å²) in [6.07, 6.45) is 5.25. The Labute approximate surface area is 97.9 Å². The molecule has 1 saturated carbocycles. The highest BCUT2D eigenvalue weighted by Crippen LogP contribution is 2.36. The predicted molar refractivity (Wildman–Crippen MR) is 66.4 cm³/mol. The highest BCUT2D eigenvalue weighted by Gasteiger charge is 2.25. The molecule has 0 unspecified atom stereocenters. The van der Waals surface area contributed by atoms with Crippen molar-refractivity contribution in [3.8, 4) is 0 Å². The number of Topliss-reactive ketones (excluding diaryl/α,β-unsaturated/α-hetero) is 1. The van der Waals surface area contributed by atoms with E-state index in [0.29, 0.717) is 24.0 Å². The van der Waals surface area contributed by atoms with Crippen LogP contribution in [-0.4, -0.2) is 5.78 Å². The summed E-state index contributed by atoms with van der Waals surface area (Å²) in [4.78, 5) is 11.6. The van der Waals surface area contributed by atoms with Crippen LogP contribution < -0.4 is 0 Å². The zero-order valence-corrected chi connectivity index (χ0v) is 9.99. The van der Waals surface area contributed by atoms with Gasteiger partial charge in [-0.1, -0.05) is 37.3 Å². The summed E-state index contributed by atoms with van der Waals surface area (Å²) < 4.78 is 0. The van der Waals surface area contributed by atoms with Gasteiger partial charge in [-0.15, -0.1) is 0 Å². The van der Waals surface area contributed by atoms with Crippen molar-refractivity contribution in [2.24, 2.45) is 5.92 Å². The summed E-state index contributed by atoms with van der Waals surface area (Å²) >= 11 is 0. The van der Waals surface area contributed by atoms with Crippen LogP contribution >= 0.6 is 0 Å². The van der Waals surface area contributed by atoms with Gasteiger partial charge in [0.05, 0.1) is 0 Å². The lowest BCUT2D eigenvalue weighted by Crippen LogP contribution is -2.20. The van der Waals surface area contributed by atoms with Gasteiger partial charge in [-0.05, 0) is 37.2 Å². The minimum absolute atomic E-state index is 0.352. The van der Waals surface area contributed by atoms with Gasteiger partial charge in [0, 0.05) is 12.3 Å². The van der Waals surface area contributed by atoms with Crippen molar-refractivity contribution in [3.05, 3.63) is 35.9 Å². The molecule has 0 atom stereocenters. The van der Waals surface area contributed by atoms with E-state index in [9.17, 15) is 4.79 Å². The van der Waals surface area contributed by atoms with Gasteiger partial charge < -0.3 is 0 Å². The standard InChI is InChI=1S/C15H20O/c1-2-15(16)14-10-8-13(9-11-14)12-6-4-3-5-7-12/h3-7,13-14H,2,8-11H2,1H3/t13-,14+. The number of hydrogen-bond donors (Lipinski definition) is 0. The molecule has 16 heavy (non-hydrogen) atoms. The number of ketones is 1. The molecule has 0 bridgehead atoms. The minimum Gasteiger partial charge on any atom is -0.299 e. The molecule has 1 aliphatic carbocycles. The molecule has 0 heterocycles. The molecule has 1 aromatic rings. The van der Waals surface area contributed by atoms with E-state index >= 15 is 0 Å². The van der Waals surface area contributed by atoms with Crippen molar-refractivity contribution in [1.82, 2.24) is 0 Å². The zero-order valence-electron chi connectivity index (χ0n) is 9.99. The normalized spacial score (nSPS) is 25.3. The number of carbonyl (C=O) groups is 1. The molecule has 1 fully saturated rings. The van der Waals surface area contributed by atoms with Crippen molar-refractivity contribution in [3.63, 3.8) is 0 Å². The Hall–Kier alpha value is -1.11. The highest BCUT2D eigenvalue weighted by molar-refractivity contribution is 5.80. The first kappa shape index (κ1) is 11.4. The zero-order chi connectivity index (χ0) is 11.4. The van der Waals surface area contributed by atoms with E-state index in [-0.39, 0.29) is 0 Å². The quantitative estimate of drug-likeness (QED) is 0.748. The molecule has 1 aliphatic rings. The molecule has 1 heteroatoms. The largest absolute Gasteiger partial charge is 0.299 e. The van der Waals surface area contributed by atoms with Gasteiger partial charge in [0.2, 0.25) is 0 Å². The Balaban J connectivity index is 1.93. The summed E-state index contributed by atoms with van der Waals surface area (Å²) in [5.41, 5.74) is 1.45. The van der Waals surface area contributed by atoms with Crippen molar-refractivity contribution in [2.75, 3.05) is 0 Å². The number of carbonyl (C=O) groups excluding carboxylic acids is 1. The molecule has 0 radical (unpaired) electrons. The van der Waals surface area contributed by atoms with Crippen LogP contribution in [0, 0.1) is 5.92 Å². The van der Waals surface area contributed by atoms with E-state index in [4.69, 9.17) is 0 Å². The van der Waals surface area contributed by atoms with Crippen molar-refractivity contribution in [1.29, 1.82) is 0 Å². The van der Waals surface area contributed by atoms with Crippen molar-refractivity contribution >= 4 is 5.78 Å². The second kappa shape index (κ2) is 5.29. The van der Waals surface area contributed by atoms with Crippen LogP contribution in [0.1, 0.15) is 50.5 Å². The number of rotatable bonds is 3. The van der Waals surface area contributed by atoms with Crippen LogP contribution in [0.2, 0.25) is 0 Å². The summed E-state index contributed by atoms with van der Waals surface area (Å²) in [6, 6.07) is 10.7. The molecular weight excluding hydrogens is 196 g/mol. The lowest BCUT2D eigenvalue weighted by Gasteiger charge is -2.27. The maximum absolute atomic E-state index is 11.6. The van der Waals surface area contributed by atoms with E-state index < -0.39 is 0 Å². The third kappa shape index (κ3) is 2.52. The topological polar surface area (TPSA) is 17.1 Å². The number of benzene rings is 1. The van der Waals surface area contributed by atoms with Gasteiger partial charge in [-0.2, -0.15) is 0 Å². The second-order valence-corrected chi connectivity index (χ2v) is 4.78. The van der Waals surface area contributed by atoms with Crippen LogP contribution in [0.3, 0.4) is 0 Å². The average Bonchev–Trinajstić information content (AvgIpc) is 2.39. The molecule has 0 N–H and O–H groups in total. The third-order valence-electron chi connectivity index (χ3n) is 3.80. The minimum atomic E-state index is 0.352. The summed E-state index contributed by atoms with van der Waals surface area (Å²) in [5, 5.41) is 0. The Morgan fingerprint density at radius 3 is 2.31 bits per heavy atom. The predicted octanol–water partition coefficient (Wildman–Crippen LogP) is 3.94. The van der Waals surface area contributed by atoms with Gasteiger partial charge >= 0.3 is 0 Å². The first-order valence-corrected chi connectivity index (χ1v) is 6.39. The third-order valence-corrected chi connectivity index (χ3v) is 3.80. The van der Waals surface area contributed by atoms with Gasteiger partial charge in [0.15, 0.2) is 0 Å². The van der Waals surface area contributed by atoms with Crippen LogP contribution in [0.15, 0.2) is 30.3 Å². The first-order valence-electron chi connectivity index (χ1n) is 6.39. The van der Waals surface area contributed by atoms with E-state index in [2.05, 4.69) is 30.3 Å². The fraction of sp³-hybridized carbons (Fsp3) is 0.533. The molecule has 2 rings (SSSR count). The van der Waals surface area contributed by atoms with Crippen LogP contribution in [0.4, 0.5) is 0 Å². The molecule has 0 spiro atoms. The van der Waals surface area contributed by atoms with E-state index in [1.807, 2.05) is 6.92 Å². The Morgan fingerprint density at radius 2 is 1.75 bits per heavy atom. The molecule has 86 valence electrons. The Morgan fingerprint density at radius 1 is 1.12 bits per heavy atom. The lowest BCUT2D eigenvalue weighted by molar-refractivity contribution is -0.123. The van der Waals surface area contributed by atoms with Crippen LogP contribution in [0.5, 0.6) is 0 Å². The van der Waals surface area contributed by atoms with E-state index in [0.717, 1.165) is 12.8 Å². The van der Waals surface area contributed by atoms with Gasteiger partial charge in [-0.25, -0.2) is 0 Å². The average molecular weight is 216 g/mol. The van der Waals surface area contributed by atoms with Gasteiger partial charge in [0.25, 0.3) is 0 Å². The molecule has 0 amide bonds. The molecule has 0 saturated heterocycles. The molecule has 1 aromatic carbocycles. The smallest absolute Gasteiger partial charge is 0.135 e. The molecule has 0 aromatic heterocycles. The van der Waals surface area contributed by atoms with E-state index in [1.165, 1.54) is 18.4 Å². The second-order valence-electron chi connectivity index (χ2n) is 4.78. The van der Waals surface area contributed by atoms with Crippen molar-refractivity contribution in [2.45, 2.75) is 44.9 Å². The number of hydrogen-bond acceptors (Lipinski definition) is 1. The van der Waals surface area contributed by atoms with Gasteiger partial charge in [0.1, 0.15) is 5.78 Å². The van der Waals surface area contributed by atoms with E-state index in [1.54, 1.807) is 0 Å². The summed E-state index contributed by atoms with van der Waals surface area (Å²) in [5.74, 6) is 1.50. The van der Waals surface area contributed by atoms with Crippen LogP contribution in [-0.2, 0) is 4.79 Å². The van der Waals surface area contributed by atoms with Crippen LogP contribution in [0.25, 0.3) is 0 Å².